The molecule has 1 heterocycles. The molecule has 0 unspecified atom stereocenters. The maximum Gasteiger partial charge on any atom is 0.139 e. The van der Waals surface area contributed by atoms with Gasteiger partial charge in [0.2, 0.25) is 0 Å². The maximum atomic E-state index is 6.26. The lowest BCUT2D eigenvalue weighted by atomic mass is 10.2. The van der Waals surface area contributed by atoms with E-state index in [4.69, 9.17) is 33.7 Å². The van der Waals surface area contributed by atoms with Crippen LogP contribution in [0.1, 0.15) is 11.8 Å². The van der Waals surface area contributed by atoms with Gasteiger partial charge in [-0.25, -0.2) is 0 Å². The van der Waals surface area contributed by atoms with E-state index in [0.29, 0.717) is 28.9 Å². The summed E-state index contributed by atoms with van der Waals surface area (Å²) in [7, 11) is 0. The van der Waals surface area contributed by atoms with E-state index in [0.717, 1.165) is 15.3 Å². The van der Waals surface area contributed by atoms with Gasteiger partial charge in [0.25, 0.3) is 0 Å². The van der Waals surface area contributed by atoms with Gasteiger partial charge in [-0.3, -0.25) is 0 Å². The van der Waals surface area contributed by atoms with Crippen molar-refractivity contribution < 1.29 is 4.74 Å². The van der Waals surface area contributed by atoms with Gasteiger partial charge in [0.1, 0.15) is 5.75 Å². The first kappa shape index (κ1) is 13.7. The highest BCUT2D eigenvalue weighted by Crippen LogP contribution is 2.39. The average molecular weight is 302 g/mol. The Morgan fingerprint density at radius 3 is 2.61 bits per heavy atom. The molecule has 1 aromatic heterocycles. The van der Waals surface area contributed by atoms with Crippen LogP contribution in [0.2, 0.25) is 10.0 Å². The Morgan fingerprint density at radius 1 is 1.22 bits per heavy atom. The van der Waals surface area contributed by atoms with Gasteiger partial charge in [0, 0.05) is 27.9 Å². The zero-order valence-electron chi connectivity index (χ0n) is 9.87. The predicted octanol–water partition coefficient (Wildman–Crippen LogP) is 4.58. The van der Waals surface area contributed by atoms with Crippen molar-refractivity contribution in [2.75, 3.05) is 6.61 Å². The molecule has 0 aliphatic rings. The van der Waals surface area contributed by atoms with Crippen molar-refractivity contribution in [3.05, 3.63) is 39.2 Å². The number of hydrogen-bond donors (Lipinski definition) is 1. The molecular weight excluding hydrogens is 289 g/mol. The van der Waals surface area contributed by atoms with Crippen LogP contribution in [-0.2, 0) is 6.54 Å². The van der Waals surface area contributed by atoms with Gasteiger partial charge in [-0.2, -0.15) is 0 Å². The third-order valence-electron chi connectivity index (χ3n) is 2.45. The largest absolute Gasteiger partial charge is 0.492 e. The Balaban J connectivity index is 2.42. The fourth-order valence-corrected chi connectivity index (χ4v) is 3.06. The first-order valence-corrected chi connectivity index (χ1v) is 7.14. The van der Waals surface area contributed by atoms with Crippen molar-refractivity contribution in [1.82, 2.24) is 0 Å². The fraction of sp³-hybridized carbons (Fsp3) is 0.231. The SMILES string of the molecule is CCOc1cc(Cl)c(-c2ccc(CN)s2)cc1Cl. The first-order valence-electron chi connectivity index (χ1n) is 5.56. The molecule has 0 amide bonds. The van der Waals surface area contributed by atoms with Crippen LogP contribution in [-0.4, -0.2) is 6.61 Å². The summed E-state index contributed by atoms with van der Waals surface area (Å²) in [4.78, 5) is 2.18. The van der Waals surface area contributed by atoms with Crippen LogP contribution in [0.25, 0.3) is 10.4 Å². The van der Waals surface area contributed by atoms with Gasteiger partial charge in [0.05, 0.1) is 16.7 Å². The zero-order chi connectivity index (χ0) is 13.1. The van der Waals surface area contributed by atoms with Crippen molar-refractivity contribution in [1.29, 1.82) is 0 Å². The minimum atomic E-state index is 0.535. The number of halogens is 2. The van der Waals surface area contributed by atoms with Crippen molar-refractivity contribution in [2.45, 2.75) is 13.5 Å². The molecule has 0 atom stereocenters. The summed E-state index contributed by atoms with van der Waals surface area (Å²) in [5, 5.41) is 1.20. The second-order valence-electron chi connectivity index (χ2n) is 3.67. The van der Waals surface area contributed by atoms with E-state index in [1.165, 1.54) is 0 Å². The molecule has 0 saturated heterocycles. The van der Waals surface area contributed by atoms with Gasteiger partial charge in [-0.05, 0) is 25.1 Å². The van der Waals surface area contributed by atoms with Gasteiger partial charge in [-0.15, -0.1) is 11.3 Å². The van der Waals surface area contributed by atoms with E-state index in [1.807, 2.05) is 25.1 Å². The van der Waals surface area contributed by atoms with Crippen LogP contribution in [0.3, 0.4) is 0 Å². The molecule has 2 aromatic rings. The Kier molecular flexibility index (Phi) is 4.51. The van der Waals surface area contributed by atoms with E-state index < -0.39 is 0 Å². The van der Waals surface area contributed by atoms with Gasteiger partial charge in [0.15, 0.2) is 0 Å². The molecule has 0 bridgehead atoms. The standard InChI is InChI=1S/C13H13Cl2NOS/c1-2-17-12-6-10(14)9(5-11(12)15)13-4-3-8(7-16)18-13/h3-6H,2,7,16H2,1H3. The lowest BCUT2D eigenvalue weighted by molar-refractivity contribution is 0.340. The molecule has 2 N–H and O–H groups in total. The van der Waals surface area contributed by atoms with Crippen LogP contribution in [0.15, 0.2) is 24.3 Å². The molecule has 2 nitrogen and oxygen atoms in total. The van der Waals surface area contributed by atoms with Gasteiger partial charge in [-0.1, -0.05) is 23.2 Å². The molecule has 0 saturated carbocycles. The predicted molar refractivity (Wildman–Crippen MR) is 78.8 cm³/mol. The van der Waals surface area contributed by atoms with Crippen molar-refractivity contribution in [2.24, 2.45) is 5.73 Å². The molecule has 0 aliphatic heterocycles. The lowest BCUT2D eigenvalue weighted by Crippen LogP contribution is -1.92. The number of hydrogen-bond acceptors (Lipinski definition) is 3. The minimum absolute atomic E-state index is 0.535. The number of rotatable bonds is 4. The number of ether oxygens (including phenoxy) is 1. The highest BCUT2D eigenvalue weighted by molar-refractivity contribution is 7.15. The van der Waals surface area contributed by atoms with Crippen molar-refractivity contribution >= 4 is 34.5 Å². The number of nitrogens with two attached hydrogens (primary N) is 1. The van der Waals surface area contributed by atoms with Crippen LogP contribution in [0.5, 0.6) is 5.75 Å². The van der Waals surface area contributed by atoms with E-state index in [2.05, 4.69) is 0 Å². The molecule has 96 valence electrons. The Labute approximate surface area is 120 Å². The molecule has 0 spiro atoms. The molecular formula is C13H13Cl2NOS. The summed E-state index contributed by atoms with van der Waals surface area (Å²) in [6.45, 7) is 3.00. The van der Waals surface area contributed by atoms with Crippen LogP contribution in [0.4, 0.5) is 0 Å². The highest BCUT2D eigenvalue weighted by atomic mass is 35.5. The Hall–Kier alpha value is -0.740. The number of thiophene rings is 1. The number of benzene rings is 1. The highest BCUT2D eigenvalue weighted by Gasteiger charge is 2.11. The molecule has 0 fully saturated rings. The topological polar surface area (TPSA) is 35.2 Å². The third-order valence-corrected chi connectivity index (χ3v) is 4.20. The first-order chi connectivity index (χ1) is 8.65. The van der Waals surface area contributed by atoms with Crippen molar-refractivity contribution in [3.8, 4) is 16.2 Å². The summed E-state index contributed by atoms with van der Waals surface area (Å²) in [6.07, 6.45) is 0. The summed E-state index contributed by atoms with van der Waals surface area (Å²) >= 11 is 14.0. The Morgan fingerprint density at radius 2 is 2.00 bits per heavy atom. The average Bonchev–Trinajstić information content (AvgIpc) is 2.82. The Bertz CT molecular complexity index is 554. The maximum absolute atomic E-state index is 6.26. The van der Waals surface area contributed by atoms with Gasteiger partial charge >= 0.3 is 0 Å². The third kappa shape index (κ3) is 2.81. The van der Waals surface area contributed by atoms with E-state index in [1.54, 1.807) is 17.4 Å². The van der Waals surface area contributed by atoms with Crippen LogP contribution in [0, 0.1) is 0 Å². The molecule has 0 radical (unpaired) electrons. The monoisotopic (exact) mass is 301 g/mol. The summed E-state index contributed by atoms with van der Waals surface area (Å²) < 4.78 is 5.40. The zero-order valence-corrected chi connectivity index (χ0v) is 12.2. The minimum Gasteiger partial charge on any atom is -0.492 e. The summed E-state index contributed by atoms with van der Waals surface area (Å²) in [6, 6.07) is 7.59. The van der Waals surface area contributed by atoms with E-state index in [9.17, 15) is 0 Å². The molecule has 1 aromatic carbocycles. The van der Waals surface area contributed by atoms with Crippen LogP contribution < -0.4 is 10.5 Å². The summed E-state index contributed by atoms with van der Waals surface area (Å²) in [5.74, 6) is 0.614. The fourth-order valence-electron chi connectivity index (χ4n) is 1.62. The van der Waals surface area contributed by atoms with Crippen LogP contribution >= 0.6 is 34.5 Å². The second kappa shape index (κ2) is 5.93. The van der Waals surface area contributed by atoms with E-state index >= 15 is 0 Å². The normalized spacial score (nSPS) is 10.7. The van der Waals surface area contributed by atoms with Gasteiger partial charge < -0.3 is 10.5 Å². The van der Waals surface area contributed by atoms with E-state index in [-0.39, 0.29) is 0 Å². The second-order valence-corrected chi connectivity index (χ2v) is 5.65. The lowest BCUT2D eigenvalue weighted by Gasteiger charge is -2.09. The molecule has 18 heavy (non-hydrogen) atoms. The molecule has 2 rings (SSSR count). The summed E-state index contributed by atoms with van der Waals surface area (Å²) in [5.41, 5.74) is 6.52. The van der Waals surface area contributed by atoms with Crippen molar-refractivity contribution in [3.63, 3.8) is 0 Å². The molecule has 5 heteroatoms. The molecule has 0 aliphatic carbocycles. The smallest absolute Gasteiger partial charge is 0.139 e. The quantitative estimate of drug-likeness (QED) is 0.897.